The first-order chi connectivity index (χ1) is 8.06. The van der Waals surface area contributed by atoms with Crippen LogP contribution in [-0.4, -0.2) is 0 Å². The summed E-state index contributed by atoms with van der Waals surface area (Å²) in [5, 5.41) is 0.616. The molecule has 3 heteroatoms. The minimum Gasteiger partial charge on any atom is -0.457 e. The van der Waals surface area contributed by atoms with Gasteiger partial charge in [-0.25, -0.2) is 4.39 Å². The smallest absolute Gasteiger partial charge is 0.131 e. The third-order valence-corrected chi connectivity index (χ3v) is 2.74. The van der Waals surface area contributed by atoms with Gasteiger partial charge in [0.25, 0.3) is 0 Å². The van der Waals surface area contributed by atoms with E-state index in [-0.39, 0.29) is 5.82 Å². The fraction of sp³-hybridized carbons (Fsp3) is 0.143. The molecule has 0 spiro atoms. The van der Waals surface area contributed by atoms with E-state index >= 15 is 0 Å². The lowest BCUT2D eigenvalue weighted by Crippen LogP contribution is -1.90. The van der Waals surface area contributed by atoms with E-state index < -0.39 is 0 Å². The van der Waals surface area contributed by atoms with Crippen molar-refractivity contribution in [1.82, 2.24) is 0 Å². The van der Waals surface area contributed by atoms with Crippen LogP contribution in [-0.2, 0) is 0 Å². The van der Waals surface area contributed by atoms with Crippen LogP contribution in [0.5, 0.6) is 11.5 Å². The zero-order valence-corrected chi connectivity index (χ0v) is 10.4. The second-order valence-corrected chi connectivity index (χ2v) is 4.36. The maximum absolute atomic E-state index is 13.0. The molecule has 0 saturated heterocycles. The van der Waals surface area contributed by atoms with Crippen molar-refractivity contribution in [2.24, 2.45) is 0 Å². The predicted octanol–water partition coefficient (Wildman–Crippen LogP) is 4.89. The molecule has 0 aliphatic carbocycles. The molecule has 0 saturated carbocycles. The van der Waals surface area contributed by atoms with Gasteiger partial charge in [0, 0.05) is 5.02 Å². The summed E-state index contributed by atoms with van der Waals surface area (Å²) in [6.07, 6.45) is 0. The Morgan fingerprint density at radius 3 is 2.41 bits per heavy atom. The Kier molecular flexibility index (Phi) is 3.34. The minimum absolute atomic E-state index is 0.266. The zero-order valence-electron chi connectivity index (χ0n) is 9.63. The fourth-order valence-corrected chi connectivity index (χ4v) is 1.69. The van der Waals surface area contributed by atoms with Gasteiger partial charge in [0.15, 0.2) is 0 Å². The van der Waals surface area contributed by atoms with Gasteiger partial charge < -0.3 is 4.74 Å². The summed E-state index contributed by atoms with van der Waals surface area (Å²) in [6, 6.07) is 9.87. The highest BCUT2D eigenvalue weighted by Crippen LogP contribution is 2.30. The fourth-order valence-electron chi connectivity index (χ4n) is 1.53. The van der Waals surface area contributed by atoms with Crippen LogP contribution in [0.15, 0.2) is 36.4 Å². The molecule has 0 heterocycles. The molecule has 88 valence electrons. The Hall–Kier alpha value is -1.54. The number of aryl methyl sites for hydroxylation is 2. The van der Waals surface area contributed by atoms with Crippen molar-refractivity contribution in [3.8, 4) is 11.5 Å². The van der Waals surface area contributed by atoms with Crippen LogP contribution in [0, 0.1) is 19.7 Å². The number of hydrogen-bond donors (Lipinski definition) is 0. The Bertz CT molecular complexity index is 552. The lowest BCUT2D eigenvalue weighted by molar-refractivity contribution is 0.473. The van der Waals surface area contributed by atoms with Gasteiger partial charge in [-0.3, -0.25) is 0 Å². The summed E-state index contributed by atoms with van der Waals surface area (Å²) < 4.78 is 18.7. The summed E-state index contributed by atoms with van der Waals surface area (Å²) in [5.41, 5.74) is 1.74. The van der Waals surface area contributed by atoms with Crippen LogP contribution >= 0.6 is 11.6 Å². The first-order valence-electron chi connectivity index (χ1n) is 5.26. The molecule has 0 aliphatic heterocycles. The van der Waals surface area contributed by atoms with Gasteiger partial charge in [0.2, 0.25) is 0 Å². The maximum atomic E-state index is 13.0. The average molecular weight is 251 g/mol. The second-order valence-electron chi connectivity index (χ2n) is 3.92. The highest BCUT2D eigenvalue weighted by Gasteiger charge is 2.05. The van der Waals surface area contributed by atoms with E-state index in [0.717, 1.165) is 11.1 Å². The third kappa shape index (κ3) is 2.77. The lowest BCUT2D eigenvalue weighted by Gasteiger charge is -2.11. The quantitative estimate of drug-likeness (QED) is 0.737. The summed E-state index contributed by atoms with van der Waals surface area (Å²) in [5.74, 6) is 1.06. The molecule has 0 fully saturated rings. The summed E-state index contributed by atoms with van der Waals surface area (Å²) in [6.45, 7) is 3.74. The van der Waals surface area contributed by atoms with Crippen molar-refractivity contribution < 1.29 is 9.13 Å². The molecule has 0 unspecified atom stereocenters. The standard InChI is InChI=1S/C14H12ClFO/c1-9-3-4-11(15)8-14(9)17-13-6-5-12(16)7-10(13)2/h3-8H,1-2H3. The minimum atomic E-state index is -0.266. The second kappa shape index (κ2) is 4.76. The molecule has 2 aromatic carbocycles. The lowest BCUT2D eigenvalue weighted by atomic mass is 10.2. The van der Waals surface area contributed by atoms with E-state index in [2.05, 4.69) is 0 Å². The van der Waals surface area contributed by atoms with Crippen LogP contribution in [0.4, 0.5) is 4.39 Å². The molecule has 1 nitrogen and oxygen atoms in total. The van der Waals surface area contributed by atoms with Crippen molar-refractivity contribution in [2.75, 3.05) is 0 Å². The first kappa shape index (κ1) is 11.9. The van der Waals surface area contributed by atoms with E-state index in [1.165, 1.54) is 12.1 Å². The van der Waals surface area contributed by atoms with E-state index in [1.54, 1.807) is 25.1 Å². The number of halogens is 2. The van der Waals surface area contributed by atoms with Crippen LogP contribution in [0.3, 0.4) is 0 Å². The Morgan fingerprint density at radius 2 is 1.71 bits per heavy atom. The van der Waals surface area contributed by atoms with Gasteiger partial charge in [-0.2, -0.15) is 0 Å². The van der Waals surface area contributed by atoms with Crippen LogP contribution in [0.2, 0.25) is 5.02 Å². The molecule has 0 aliphatic rings. The summed E-state index contributed by atoms with van der Waals surface area (Å²) in [7, 11) is 0. The molecule has 2 rings (SSSR count). The summed E-state index contributed by atoms with van der Waals surface area (Å²) >= 11 is 5.91. The molecular weight excluding hydrogens is 239 g/mol. The molecule has 0 N–H and O–H groups in total. The molecule has 0 amide bonds. The van der Waals surface area contributed by atoms with Gasteiger partial charge in [-0.1, -0.05) is 17.7 Å². The average Bonchev–Trinajstić information content (AvgIpc) is 2.27. The van der Waals surface area contributed by atoms with E-state index in [0.29, 0.717) is 16.5 Å². The first-order valence-corrected chi connectivity index (χ1v) is 5.64. The Balaban J connectivity index is 2.34. The van der Waals surface area contributed by atoms with Crippen molar-refractivity contribution in [2.45, 2.75) is 13.8 Å². The van der Waals surface area contributed by atoms with Crippen molar-refractivity contribution >= 4 is 11.6 Å². The molecule has 2 aromatic rings. The SMILES string of the molecule is Cc1cc(F)ccc1Oc1cc(Cl)ccc1C. The monoisotopic (exact) mass is 250 g/mol. The number of hydrogen-bond acceptors (Lipinski definition) is 1. The molecule has 0 aromatic heterocycles. The van der Waals surface area contributed by atoms with Crippen LogP contribution in [0.1, 0.15) is 11.1 Å². The van der Waals surface area contributed by atoms with Crippen molar-refractivity contribution in [3.63, 3.8) is 0 Å². The van der Waals surface area contributed by atoms with Gasteiger partial charge in [0.05, 0.1) is 0 Å². The molecule has 0 atom stereocenters. The topological polar surface area (TPSA) is 9.23 Å². The zero-order chi connectivity index (χ0) is 12.4. The Labute approximate surface area is 105 Å². The Morgan fingerprint density at radius 1 is 0.941 bits per heavy atom. The highest BCUT2D eigenvalue weighted by atomic mass is 35.5. The molecule has 17 heavy (non-hydrogen) atoms. The number of rotatable bonds is 2. The molecule has 0 bridgehead atoms. The molecule has 0 radical (unpaired) electrons. The van der Waals surface area contributed by atoms with E-state index in [9.17, 15) is 4.39 Å². The van der Waals surface area contributed by atoms with Gasteiger partial charge >= 0.3 is 0 Å². The normalized spacial score (nSPS) is 10.4. The van der Waals surface area contributed by atoms with Gasteiger partial charge in [0.1, 0.15) is 17.3 Å². The van der Waals surface area contributed by atoms with Crippen molar-refractivity contribution in [3.05, 3.63) is 58.4 Å². The van der Waals surface area contributed by atoms with Gasteiger partial charge in [-0.15, -0.1) is 0 Å². The third-order valence-electron chi connectivity index (χ3n) is 2.51. The van der Waals surface area contributed by atoms with E-state index in [1.807, 2.05) is 13.0 Å². The molecular formula is C14H12ClFO. The number of ether oxygens (including phenoxy) is 1. The van der Waals surface area contributed by atoms with Crippen LogP contribution in [0.25, 0.3) is 0 Å². The van der Waals surface area contributed by atoms with Gasteiger partial charge in [-0.05, 0) is 55.3 Å². The summed E-state index contributed by atoms with van der Waals surface area (Å²) in [4.78, 5) is 0. The number of benzene rings is 2. The predicted molar refractivity (Wildman–Crippen MR) is 67.4 cm³/mol. The van der Waals surface area contributed by atoms with E-state index in [4.69, 9.17) is 16.3 Å². The van der Waals surface area contributed by atoms with Crippen molar-refractivity contribution in [1.29, 1.82) is 0 Å². The highest BCUT2D eigenvalue weighted by molar-refractivity contribution is 6.30. The maximum Gasteiger partial charge on any atom is 0.131 e. The largest absolute Gasteiger partial charge is 0.457 e. The van der Waals surface area contributed by atoms with Crippen LogP contribution < -0.4 is 4.74 Å².